The molecule has 0 unspecified atom stereocenters. The van der Waals surface area contributed by atoms with Gasteiger partial charge in [-0.15, -0.1) is 0 Å². The second-order valence-electron chi connectivity index (χ2n) is 5.11. The van der Waals surface area contributed by atoms with Gasteiger partial charge in [-0.3, -0.25) is 9.59 Å². The van der Waals surface area contributed by atoms with E-state index in [4.69, 9.17) is 11.6 Å². The molecule has 2 rings (SSSR count). The number of halogens is 1. The highest BCUT2D eigenvalue weighted by molar-refractivity contribution is 6.30. The Hall–Kier alpha value is -2.66. The molecule has 6 heteroatoms. The summed E-state index contributed by atoms with van der Waals surface area (Å²) in [6.07, 6.45) is 1.72. The van der Waals surface area contributed by atoms with Crippen LogP contribution in [-0.2, 0) is 16.1 Å². The number of carbonyl (C=O) groups is 2. The molecule has 0 saturated heterocycles. The molecule has 0 radical (unpaired) electrons. The van der Waals surface area contributed by atoms with Crippen LogP contribution in [0.15, 0.2) is 59.7 Å². The number of carbonyl (C=O) groups excluding carboxylic acids is 2. The summed E-state index contributed by atoms with van der Waals surface area (Å²) in [5, 5.41) is 7.25. The van der Waals surface area contributed by atoms with Gasteiger partial charge < -0.3 is 5.32 Å². The summed E-state index contributed by atoms with van der Waals surface area (Å²) in [7, 11) is 0. The maximum absolute atomic E-state index is 11.7. The van der Waals surface area contributed by atoms with Crippen LogP contribution in [-0.4, -0.2) is 18.0 Å². The van der Waals surface area contributed by atoms with Crippen molar-refractivity contribution < 1.29 is 9.59 Å². The number of benzene rings is 2. The van der Waals surface area contributed by atoms with Crippen molar-refractivity contribution in [2.24, 2.45) is 5.10 Å². The predicted octanol–water partition coefficient (Wildman–Crippen LogP) is 2.89. The van der Waals surface area contributed by atoms with Crippen LogP contribution in [0.5, 0.6) is 0 Å². The lowest BCUT2D eigenvalue weighted by molar-refractivity contribution is -0.126. The van der Waals surface area contributed by atoms with Crippen LogP contribution in [0.25, 0.3) is 0 Å². The number of nitrogens with zero attached hydrogens (tertiary/aromatic N) is 1. The van der Waals surface area contributed by atoms with Crippen molar-refractivity contribution in [3.63, 3.8) is 0 Å². The molecule has 124 valence electrons. The van der Waals surface area contributed by atoms with Crippen LogP contribution < -0.4 is 10.7 Å². The van der Waals surface area contributed by atoms with Gasteiger partial charge in [0.25, 0.3) is 0 Å². The van der Waals surface area contributed by atoms with Crippen molar-refractivity contribution >= 4 is 29.6 Å². The number of rotatable bonds is 7. The summed E-state index contributed by atoms with van der Waals surface area (Å²) in [5.41, 5.74) is 4.23. The van der Waals surface area contributed by atoms with Gasteiger partial charge in [0.1, 0.15) is 0 Å². The largest absolute Gasteiger partial charge is 0.352 e. The summed E-state index contributed by atoms with van der Waals surface area (Å²) in [4.78, 5) is 23.3. The Morgan fingerprint density at radius 2 is 1.62 bits per heavy atom. The van der Waals surface area contributed by atoms with E-state index in [1.807, 2.05) is 30.3 Å². The van der Waals surface area contributed by atoms with Crippen molar-refractivity contribution in [1.82, 2.24) is 10.7 Å². The number of nitrogens with one attached hydrogen (secondary N) is 2. The Bertz CT molecular complexity index is 700. The van der Waals surface area contributed by atoms with Crippen LogP contribution in [0.1, 0.15) is 24.0 Å². The zero-order valence-corrected chi connectivity index (χ0v) is 13.8. The molecule has 0 saturated carbocycles. The van der Waals surface area contributed by atoms with Gasteiger partial charge >= 0.3 is 0 Å². The van der Waals surface area contributed by atoms with E-state index in [9.17, 15) is 9.59 Å². The second kappa shape index (κ2) is 9.47. The van der Waals surface area contributed by atoms with Gasteiger partial charge in [0, 0.05) is 24.4 Å². The first-order valence-corrected chi connectivity index (χ1v) is 7.89. The number of hydrogen-bond acceptors (Lipinski definition) is 3. The Labute approximate surface area is 145 Å². The fourth-order valence-electron chi connectivity index (χ4n) is 1.90. The Kier molecular flexibility index (Phi) is 6.98. The minimum Gasteiger partial charge on any atom is -0.352 e. The average Bonchev–Trinajstić information content (AvgIpc) is 2.61. The van der Waals surface area contributed by atoms with E-state index in [-0.39, 0.29) is 24.7 Å². The molecule has 0 fully saturated rings. The average molecular weight is 344 g/mol. The smallest absolute Gasteiger partial charge is 0.240 e. The fourth-order valence-corrected chi connectivity index (χ4v) is 2.02. The van der Waals surface area contributed by atoms with Crippen molar-refractivity contribution in [3.8, 4) is 0 Å². The molecule has 0 spiro atoms. The van der Waals surface area contributed by atoms with Crippen LogP contribution in [0, 0.1) is 0 Å². The summed E-state index contributed by atoms with van der Waals surface area (Å²) in [6.45, 7) is 0.454. The molecular formula is C18H18ClN3O2. The van der Waals surface area contributed by atoms with E-state index in [2.05, 4.69) is 15.8 Å². The summed E-state index contributed by atoms with van der Waals surface area (Å²) in [5.74, 6) is -0.481. The minimum atomic E-state index is -0.310. The Balaban J connectivity index is 1.65. The molecule has 0 aliphatic carbocycles. The van der Waals surface area contributed by atoms with Gasteiger partial charge in [-0.25, -0.2) is 5.43 Å². The molecule has 0 aliphatic rings. The molecular weight excluding hydrogens is 326 g/mol. The van der Waals surface area contributed by atoms with E-state index in [1.165, 1.54) is 6.21 Å². The van der Waals surface area contributed by atoms with Gasteiger partial charge in [0.05, 0.1) is 6.21 Å². The van der Waals surface area contributed by atoms with Crippen molar-refractivity contribution in [1.29, 1.82) is 0 Å². The van der Waals surface area contributed by atoms with Crippen molar-refractivity contribution in [3.05, 3.63) is 70.7 Å². The predicted molar refractivity (Wildman–Crippen MR) is 94.7 cm³/mol. The second-order valence-corrected chi connectivity index (χ2v) is 5.54. The highest BCUT2D eigenvalue weighted by Crippen LogP contribution is 2.07. The highest BCUT2D eigenvalue weighted by atomic mass is 35.5. The van der Waals surface area contributed by atoms with Crippen LogP contribution in [0.2, 0.25) is 5.02 Å². The van der Waals surface area contributed by atoms with Crippen molar-refractivity contribution in [2.75, 3.05) is 0 Å². The van der Waals surface area contributed by atoms with Gasteiger partial charge in [-0.2, -0.15) is 5.10 Å². The Morgan fingerprint density at radius 3 is 2.33 bits per heavy atom. The van der Waals surface area contributed by atoms with E-state index in [0.717, 1.165) is 11.1 Å². The van der Waals surface area contributed by atoms with Gasteiger partial charge in [0.2, 0.25) is 11.8 Å². The highest BCUT2D eigenvalue weighted by Gasteiger charge is 2.05. The first kappa shape index (κ1) is 17.7. The van der Waals surface area contributed by atoms with E-state index < -0.39 is 0 Å². The summed E-state index contributed by atoms with van der Waals surface area (Å²) >= 11 is 5.78. The summed E-state index contributed by atoms with van der Waals surface area (Å²) < 4.78 is 0. The zero-order valence-electron chi connectivity index (χ0n) is 13.0. The molecule has 0 aliphatic heterocycles. The maximum atomic E-state index is 11.7. The van der Waals surface area contributed by atoms with E-state index >= 15 is 0 Å². The lowest BCUT2D eigenvalue weighted by Crippen LogP contribution is -2.25. The summed E-state index contributed by atoms with van der Waals surface area (Å²) in [6, 6.07) is 16.6. The van der Waals surface area contributed by atoms with Crippen LogP contribution in [0.4, 0.5) is 0 Å². The maximum Gasteiger partial charge on any atom is 0.240 e. The van der Waals surface area contributed by atoms with Gasteiger partial charge in [-0.05, 0) is 23.3 Å². The molecule has 2 N–H and O–H groups in total. The monoisotopic (exact) mass is 343 g/mol. The SMILES string of the molecule is O=C(CCC(=O)N/N=C\c1ccc(Cl)cc1)NCc1ccccc1. The number of hydrogen-bond donors (Lipinski definition) is 2. The van der Waals surface area contributed by atoms with Crippen LogP contribution >= 0.6 is 11.6 Å². The van der Waals surface area contributed by atoms with E-state index in [0.29, 0.717) is 11.6 Å². The third-order valence-corrected chi connectivity index (χ3v) is 3.44. The fraction of sp³-hybridized carbons (Fsp3) is 0.167. The number of hydrazone groups is 1. The lowest BCUT2D eigenvalue weighted by Gasteiger charge is -2.04. The zero-order chi connectivity index (χ0) is 17.2. The molecule has 24 heavy (non-hydrogen) atoms. The standard InChI is InChI=1S/C18H18ClN3O2/c19-16-8-6-15(7-9-16)13-21-22-18(24)11-10-17(23)20-12-14-4-2-1-3-5-14/h1-9,13H,10-12H2,(H,20,23)(H,22,24)/b21-13-. The third kappa shape index (κ3) is 6.62. The first-order chi connectivity index (χ1) is 11.6. The van der Waals surface area contributed by atoms with Crippen LogP contribution in [0.3, 0.4) is 0 Å². The molecule has 0 aromatic heterocycles. The topological polar surface area (TPSA) is 70.6 Å². The quantitative estimate of drug-likeness (QED) is 0.599. The molecule has 2 aromatic carbocycles. The van der Waals surface area contributed by atoms with Gasteiger partial charge in [0.15, 0.2) is 0 Å². The first-order valence-electron chi connectivity index (χ1n) is 7.51. The molecule has 0 heterocycles. The van der Waals surface area contributed by atoms with Gasteiger partial charge in [-0.1, -0.05) is 54.1 Å². The normalized spacial score (nSPS) is 10.5. The Morgan fingerprint density at radius 1 is 0.958 bits per heavy atom. The van der Waals surface area contributed by atoms with Crippen molar-refractivity contribution in [2.45, 2.75) is 19.4 Å². The molecule has 0 atom stereocenters. The number of amides is 2. The molecule has 2 aromatic rings. The molecule has 5 nitrogen and oxygen atoms in total. The molecule has 0 bridgehead atoms. The third-order valence-electron chi connectivity index (χ3n) is 3.18. The molecule has 2 amide bonds. The minimum absolute atomic E-state index is 0.0819. The lowest BCUT2D eigenvalue weighted by atomic mass is 10.2. The van der Waals surface area contributed by atoms with E-state index in [1.54, 1.807) is 24.3 Å².